The van der Waals surface area contributed by atoms with Gasteiger partial charge in [0.2, 0.25) is 0 Å². The van der Waals surface area contributed by atoms with Crippen LogP contribution in [0.2, 0.25) is 5.15 Å². The van der Waals surface area contributed by atoms with E-state index in [0.29, 0.717) is 16.8 Å². The third-order valence-electron chi connectivity index (χ3n) is 7.72. The van der Waals surface area contributed by atoms with Gasteiger partial charge in [-0.1, -0.05) is 19.0 Å². The molecule has 9 rings (SSSR count). The first-order chi connectivity index (χ1) is 27.2. The number of rotatable bonds is 6. The van der Waals surface area contributed by atoms with Crippen molar-refractivity contribution in [2.24, 2.45) is 9.98 Å². The number of carbonyl (C=O) groups excluding carboxylic acids is 1. The molecule has 0 saturated heterocycles. The van der Waals surface area contributed by atoms with Crippen molar-refractivity contribution in [2.75, 3.05) is 27.9 Å². The van der Waals surface area contributed by atoms with Crippen molar-refractivity contribution in [2.45, 2.75) is 28.2 Å². The molecule has 0 unspecified atom stereocenters. The summed E-state index contributed by atoms with van der Waals surface area (Å²) < 4.78 is 19.0. The largest absolute Gasteiger partial charge is 1.00 e. The molecular weight excluding hydrogens is 838 g/mol. The maximum absolute atomic E-state index is 8.64. The number of aromatic nitrogens is 12. The molecule has 0 spiro atoms. The van der Waals surface area contributed by atoms with E-state index in [1.807, 2.05) is 51.4 Å². The third kappa shape index (κ3) is 13.0. The first-order valence-corrected chi connectivity index (χ1v) is 16.8. The van der Waals surface area contributed by atoms with Gasteiger partial charge < -0.3 is 40.7 Å². The Hall–Kier alpha value is -3.92. The predicted octanol–water partition coefficient (Wildman–Crippen LogP) is -1.17. The number of aliphatic imine (C=N–C) groups is 2. The fourth-order valence-corrected chi connectivity index (χ4v) is 5.39. The second kappa shape index (κ2) is 25.6. The van der Waals surface area contributed by atoms with Crippen LogP contribution < -0.4 is 122 Å². The fourth-order valence-electron chi connectivity index (χ4n) is 5.19. The van der Waals surface area contributed by atoms with Crippen LogP contribution in [0.25, 0.3) is 44.3 Å². The van der Waals surface area contributed by atoms with Crippen molar-refractivity contribution in [3.05, 3.63) is 84.8 Å². The number of aryl methyl sites for hydroxylation is 2. The molecule has 1 aliphatic heterocycles. The van der Waals surface area contributed by atoms with Gasteiger partial charge in [-0.3, -0.25) is 9.79 Å². The number of aromatic amines is 3. The van der Waals surface area contributed by atoms with E-state index in [2.05, 4.69) is 64.9 Å². The number of hydrogen-bond donors (Lipinski definition) is 3. The minimum atomic E-state index is -0.181. The van der Waals surface area contributed by atoms with Crippen LogP contribution in [-0.2, 0) is 9.68 Å². The van der Waals surface area contributed by atoms with Crippen LogP contribution in [0.3, 0.4) is 0 Å². The molecule has 300 valence electrons. The number of methoxy groups -OCH3 is 3. The molecule has 0 aliphatic carbocycles. The summed E-state index contributed by atoms with van der Waals surface area (Å²) in [6.07, 6.45) is 15.4. The van der Waals surface area contributed by atoms with Crippen LogP contribution in [0.1, 0.15) is 27.4 Å². The number of amidine groups is 1. The van der Waals surface area contributed by atoms with Crippen molar-refractivity contribution < 1.29 is 133 Å². The normalized spacial score (nSPS) is 10.7. The minimum Gasteiger partial charge on any atom is -1.00 e. The summed E-state index contributed by atoms with van der Waals surface area (Å²) in [7, 11) is 4.87. The maximum Gasteiger partial charge on any atom is 1.00 e. The van der Waals surface area contributed by atoms with Crippen LogP contribution in [0.4, 0.5) is 0 Å². The van der Waals surface area contributed by atoms with Gasteiger partial charge in [0.1, 0.15) is 47.4 Å². The Kier molecular flexibility index (Phi) is 22.3. The molecule has 20 nitrogen and oxygen atoms in total. The molecule has 23 heteroatoms. The van der Waals surface area contributed by atoms with Crippen LogP contribution >= 0.6 is 11.6 Å². The number of fused-ring (bicyclic) bond motifs is 3. The Morgan fingerprint density at radius 2 is 1.29 bits per heavy atom. The van der Waals surface area contributed by atoms with Gasteiger partial charge in [-0.2, -0.15) is 14.9 Å². The minimum absolute atomic E-state index is 0. The number of hydrogen-bond acceptors (Lipinski definition) is 15. The van der Waals surface area contributed by atoms with Gasteiger partial charge in [-0.15, -0.1) is 0 Å². The smallest absolute Gasteiger partial charge is 1.00 e. The van der Waals surface area contributed by atoms with Gasteiger partial charge in [0.25, 0.3) is 6.47 Å². The number of pyridine rings is 3. The van der Waals surface area contributed by atoms with E-state index in [1.54, 1.807) is 68.0 Å². The number of nitrogens with one attached hydrogen (secondary N) is 3. The van der Waals surface area contributed by atoms with Crippen molar-refractivity contribution in [1.82, 2.24) is 59.4 Å². The average molecular weight is 879 g/mol. The topological polar surface area (TPSA) is 249 Å². The molecule has 0 saturated carbocycles. The molecule has 0 amide bonds. The Morgan fingerprint density at radius 3 is 1.71 bits per heavy atom. The zero-order chi connectivity index (χ0) is 40.0. The van der Waals surface area contributed by atoms with Crippen LogP contribution in [0.5, 0.6) is 17.2 Å². The van der Waals surface area contributed by atoms with E-state index in [9.17, 15) is 0 Å². The van der Waals surface area contributed by atoms with E-state index in [0.717, 1.165) is 74.0 Å². The number of halogens is 1. The van der Waals surface area contributed by atoms with Gasteiger partial charge in [0.05, 0.1) is 63.0 Å². The van der Waals surface area contributed by atoms with E-state index in [1.165, 1.54) is 6.33 Å². The summed E-state index contributed by atoms with van der Waals surface area (Å²) in [5, 5.41) is 20.2. The molecule has 8 aromatic heterocycles. The van der Waals surface area contributed by atoms with E-state index in [4.69, 9.17) is 35.9 Å². The summed E-state index contributed by atoms with van der Waals surface area (Å²) in [5.41, 5.74) is 2.59. The molecule has 1 aliphatic rings. The quantitative estimate of drug-likeness (QED) is 0.0587. The monoisotopic (exact) mass is 878 g/mol. The predicted molar refractivity (Wildman–Crippen MR) is 214 cm³/mol. The molecule has 59 heavy (non-hydrogen) atoms. The zero-order valence-corrected chi connectivity index (χ0v) is 40.0. The average Bonchev–Trinajstić information content (AvgIpc) is 4.07. The number of ether oxygens (including phenoxy) is 3. The van der Waals surface area contributed by atoms with Crippen LogP contribution in [0.15, 0.2) is 78.0 Å². The van der Waals surface area contributed by atoms with Crippen molar-refractivity contribution >= 4 is 62.8 Å². The SMILES string of the molecule is C.CC1=NCC=N1.COc1cnc(-n2cnc(C)n2)c2[nH]ccc12.COc1cnc(-n2ncnc2C)c2[nH]ccc12.COc1cnc(Cl)c2[nH]ccc12.O=CO[O-].[H-].[K+].[K+]. The van der Waals surface area contributed by atoms with Crippen LogP contribution in [0, 0.1) is 13.8 Å². The summed E-state index contributed by atoms with van der Waals surface area (Å²) >= 11 is 5.83. The van der Waals surface area contributed by atoms with Crippen molar-refractivity contribution in [3.63, 3.8) is 0 Å². The Labute approximate surface area is 429 Å². The van der Waals surface area contributed by atoms with Gasteiger partial charge in [0.15, 0.2) is 16.8 Å². The van der Waals surface area contributed by atoms with Crippen molar-refractivity contribution in [1.29, 1.82) is 0 Å². The second-order valence-electron chi connectivity index (χ2n) is 11.1. The van der Waals surface area contributed by atoms with Gasteiger partial charge >= 0.3 is 103 Å². The Bertz CT molecular complexity index is 2590. The van der Waals surface area contributed by atoms with Crippen molar-refractivity contribution in [3.8, 4) is 28.9 Å². The molecule has 9 heterocycles. The molecule has 0 radical (unpaired) electrons. The standard InChI is InChI=1S/2C11H11N5O.C8H7ClN2O.C4H6N2.CH2O3.CH4.2K.H/c1-7-14-6-16(15-7)11-10-8(3-4-12-10)9(17-2)5-13-11;1-7-14-6-15-16(7)11-10-8(3-4-12-10)9(17-2)5-13-11;1-12-6-4-11-8(9)7-5(6)2-3-10-7;1-4-5-2-3-6-4;2-1-4-3;;;;/h2*3-6,12H,1-2H3;2-4,10H,1H3;2H,3H2,1H3;1,3H;1H4;;;/q;;;;;;2*+1;-1/p-1. The molecule has 3 N–H and O–H groups in total. The summed E-state index contributed by atoms with van der Waals surface area (Å²) in [4.78, 5) is 49.2. The molecule has 0 atom stereocenters. The molecule has 0 aromatic carbocycles. The van der Waals surface area contributed by atoms with Crippen LogP contribution in [-0.4, -0.2) is 106 Å². The van der Waals surface area contributed by atoms with Gasteiger partial charge in [-0.25, -0.2) is 34.6 Å². The second-order valence-corrected chi connectivity index (χ2v) is 11.4. The van der Waals surface area contributed by atoms with E-state index in [-0.39, 0.29) is 118 Å². The first-order valence-electron chi connectivity index (χ1n) is 16.4. The van der Waals surface area contributed by atoms with E-state index >= 15 is 0 Å². The van der Waals surface area contributed by atoms with Gasteiger partial charge in [-0.05, 0) is 39.0 Å². The van der Waals surface area contributed by atoms with E-state index < -0.39 is 0 Å². The molecule has 0 bridgehead atoms. The number of H-pyrrole nitrogens is 3. The fraction of sp³-hybridized carbons (Fsp3) is 0.222. The summed E-state index contributed by atoms with van der Waals surface area (Å²) in [6.45, 7) is 6.22. The number of nitrogens with zero attached hydrogens (tertiary/aromatic N) is 11. The molecule has 8 aromatic rings. The summed E-state index contributed by atoms with van der Waals surface area (Å²) in [5.74, 6) is 6.04. The molecule has 0 fully saturated rings. The Balaban J connectivity index is 0.000000396. The Morgan fingerprint density at radius 1 is 0.780 bits per heavy atom. The zero-order valence-electron chi connectivity index (χ0n) is 34.0. The molecular formula is C36H41ClK2N14O6. The third-order valence-corrected chi connectivity index (χ3v) is 8.00. The number of carbonyl (C=O) groups is 1. The first kappa shape index (κ1) is 51.2. The van der Waals surface area contributed by atoms with Gasteiger partial charge in [0, 0.05) is 41.0 Å². The maximum atomic E-state index is 8.64. The summed E-state index contributed by atoms with van der Waals surface area (Å²) in [6, 6.07) is 5.80.